The summed E-state index contributed by atoms with van der Waals surface area (Å²) in [7, 11) is 0. The number of anilines is 1. The molecule has 20 heavy (non-hydrogen) atoms. The van der Waals surface area contributed by atoms with E-state index in [9.17, 15) is 9.59 Å². The van der Waals surface area contributed by atoms with E-state index in [-0.39, 0.29) is 5.92 Å². The van der Waals surface area contributed by atoms with Gasteiger partial charge in [0.15, 0.2) is 0 Å². The molecule has 3 N–H and O–H groups in total. The van der Waals surface area contributed by atoms with Crippen molar-refractivity contribution in [3.8, 4) is 0 Å². The van der Waals surface area contributed by atoms with E-state index >= 15 is 0 Å². The maximum absolute atomic E-state index is 11.8. The second kappa shape index (κ2) is 7.36. The largest absolute Gasteiger partial charge is 0.480 e. The highest BCUT2D eigenvalue weighted by Crippen LogP contribution is 2.24. The number of hydrogen-bond acceptors (Lipinski definition) is 2. The summed E-state index contributed by atoms with van der Waals surface area (Å²) in [5.74, 6) is -1.24. The van der Waals surface area contributed by atoms with Gasteiger partial charge in [0.1, 0.15) is 6.04 Å². The van der Waals surface area contributed by atoms with Crippen molar-refractivity contribution in [3.05, 3.63) is 28.2 Å². The molecular formula is C13H16Cl2N2O3. The Bertz CT molecular complexity index is 508. The molecular weight excluding hydrogens is 303 g/mol. The first-order valence-corrected chi connectivity index (χ1v) is 6.86. The van der Waals surface area contributed by atoms with Crippen LogP contribution in [0.5, 0.6) is 0 Å². The number of halogens is 2. The van der Waals surface area contributed by atoms with Gasteiger partial charge in [0.2, 0.25) is 0 Å². The summed E-state index contributed by atoms with van der Waals surface area (Å²) in [6.45, 7) is 3.62. The number of benzene rings is 1. The van der Waals surface area contributed by atoms with Crippen molar-refractivity contribution in [1.82, 2.24) is 5.32 Å². The van der Waals surface area contributed by atoms with Crippen molar-refractivity contribution < 1.29 is 14.7 Å². The molecule has 0 saturated heterocycles. The molecule has 0 unspecified atom stereocenters. The van der Waals surface area contributed by atoms with Crippen molar-refractivity contribution >= 4 is 40.9 Å². The summed E-state index contributed by atoms with van der Waals surface area (Å²) in [6, 6.07) is 3.07. The fourth-order valence-electron chi connectivity index (χ4n) is 1.57. The SMILES string of the molecule is CC[C@H](C)[C@H](NC(=O)Nc1ccc(Cl)c(Cl)c1)C(=O)O. The first-order valence-electron chi connectivity index (χ1n) is 6.10. The molecule has 0 aliphatic rings. The molecule has 2 atom stereocenters. The van der Waals surface area contributed by atoms with Crippen LogP contribution >= 0.6 is 23.2 Å². The summed E-state index contributed by atoms with van der Waals surface area (Å²) in [5, 5.41) is 14.7. The highest BCUT2D eigenvalue weighted by molar-refractivity contribution is 6.42. The number of carboxylic acids is 1. The normalized spacial score (nSPS) is 13.4. The fourth-order valence-corrected chi connectivity index (χ4v) is 1.86. The summed E-state index contributed by atoms with van der Waals surface area (Å²) >= 11 is 11.6. The zero-order valence-electron chi connectivity index (χ0n) is 11.1. The molecule has 0 fully saturated rings. The van der Waals surface area contributed by atoms with Crippen LogP contribution < -0.4 is 10.6 Å². The van der Waals surface area contributed by atoms with E-state index in [1.54, 1.807) is 19.1 Å². The molecule has 2 amide bonds. The molecule has 0 heterocycles. The van der Waals surface area contributed by atoms with Crippen LogP contribution in [0.25, 0.3) is 0 Å². The van der Waals surface area contributed by atoms with Crippen LogP contribution in [0, 0.1) is 5.92 Å². The van der Waals surface area contributed by atoms with Gasteiger partial charge in [-0.2, -0.15) is 0 Å². The smallest absolute Gasteiger partial charge is 0.326 e. The number of hydrogen-bond donors (Lipinski definition) is 3. The number of aliphatic carboxylic acids is 1. The van der Waals surface area contributed by atoms with Crippen molar-refractivity contribution in [3.63, 3.8) is 0 Å². The van der Waals surface area contributed by atoms with Gasteiger partial charge in [0.05, 0.1) is 10.0 Å². The lowest BCUT2D eigenvalue weighted by molar-refractivity contribution is -0.140. The van der Waals surface area contributed by atoms with Gasteiger partial charge in [-0.1, -0.05) is 43.5 Å². The molecule has 0 aliphatic carbocycles. The number of nitrogens with one attached hydrogen (secondary N) is 2. The lowest BCUT2D eigenvalue weighted by Gasteiger charge is -2.20. The van der Waals surface area contributed by atoms with Crippen LogP contribution in [0.3, 0.4) is 0 Å². The third-order valence-corrected chi connectivity index (χ3v) is 3.68. The van der Waals surface area contributed by atoms with Gasteiger partial charge in [-0.3, -0.25) is 0 Å². The molecule has 1 rings (SSSR count). The van der Waals surface area contributed by atoms with Gasteiger partial charge in [-0.25, -0.2) is 9.59 Å². The summed E-state index contributed by atoms with van der Waals surface area (Å²) in [4.78, 5) is 22.9. The third kappa shape index (κ3) is 4.58. The van der Waals surface area contributed by atoms with E-state index in [2.05, 4.69) is 10.6 Å². The van der Waals surface area contributed by atoms with Crippen molar-refractivity contribution in [2.75, 3.05) is 5.32 Å². The van der Waals surface area contributed by atoms with E-state index in [1.165, 1.54) is 6.07 Å². The molecule has 1 aromatic carbocycles. The molecule has 0 spiro atoms. The molecule has 7 heteroatoms. The van der Waals surface area contributed by atoms with Crippen LogP contribution in [-0.4, -0.2) is 23.1 Å². The van der Waals surface area contributed by atoms with Gasteiger partial charge in [-0.15, -0.1) is 0 Å². The van der Waals surface area contributed by atoms with E-state index in [0.29, 0.717) is 22.2 Å². The first-order chi connectivity index (χ1) is 9.35. The Hall–Kier alpha value is -1.46. The second-order valence-corrected chi connectivity index (χ2v) is 5.24. The molecule has 5 nitrogen and oxygen atoms in total. The van der Waals surface area contributed by atoms with E-state index in [1.807, 2.05) is 6.92 Å². The van der Waals surface area contributed by atoms with Crippen molar-refractivity contribution in [1.29, 1.82) is 0 Å². The maximum atomic E-state index is 11.8. The van der Waals surface area contributed by atoms with Crippen LogP contribution in [0.4, 0.5) is 10.5 Å². The Balaban J connectivity index is 2.70. The summed E-state index contributed by atoms with van der Waals surface area (Å²) < 4.78 is 0. The lowest BCUT2D eigenvalue weighted by atomic mass is 9.99. The third-order valence-electron chi connectivity index (χ3n) is 2.94. The topological polar surface area (TPSA) is 78.4 Å². The second-order valence-electron chi connectivity index (χ2n) is 4.43. The minimum Gasteiger partial charge on any atom is -0.480 e. The fraction of sp³-hybridized carbons (Fsp3) is 0.385. The van der Waals surface area contributed by atoms with Gasteiger partial charge in [0, 0.05) is 5.69 Å². The van der Waals surface area contributed by atoms with Crippen LogP contribution in [-0.2, 0) is 4.79 Å². The van der Waals surface area contributed by atoms with Crippen LogP contribution in [0.1, 0.15) is 20.3 Å². The van der Waals surface area contributed by atoms with Crippen LogP contribution in [0.2, 0.25) is 10.0 Å². The van der Waals surface area contributed by atoms with E-state index < -0.39 is 18.0 Å². The van der Waals surface area contributed by atoms with Gasteiger partial charge in [0.25, 0.3) is 0 Å². The number of rotatable bonds is 5. The van der Waals surface area contributed by atoms with Crippen molar-refractivity contribution in [2.24, 2.45) is 5.92 Å². The first kappa shape index (κ1) is 16.6. The highest BCUT2D eigenvalue weighted by Gasteiger charge is 2.25. The Morgan fingerprint density at radius 2 is 1.95 bits per heavy atom. The average Bonchev–Trinajstić information content (AvgIpc) is 2.39. The van der Waals surface area contributed by atoms with E-state index in [4.69, 9.17) is 28.3 Å². The molecule has 0 aromatic heterocycles. The molecule has 1 aromatic rings. The predicted molar refractivity (Wildman–Crippen MR) is 79.5 cm³/mol. The summed E-state index contributed by atoms with van der Waals surface area (Å²) in [6.07, 6.45) is 0.643. The lowest BCUT2D eigenvalue weighted by Crippen LogP contribution is -2.46. The number of urea groups is 1. The Morgan fingerprint density at radius 1 is 1.30 bits per heavy atom. The number of carboxylic acid groups (broad SMARTS) is 1. The standard InChI is InChI=1S/C13H16Cl2N2O3/c1-3-7(2)11(12(18)19)17-13(20)16-8-4-5-9(14)10(15)6-8/h4-7,11H,3H2,1-2H3,(H,18,19)(H2,16,17,20)/t7-,11-/m0/s1. The monoisotopic (exact) mass is 318 g/mol. The van der Waals surface area contributed by atoms with Crippen LogP contribution in [0.15, 0.2) is 18.2 Å². The van der Waals surface area contributed by atoms with Gasteiger partial charge >= 0.3 is 12.0 Å². The van der Waals surface area contributed by atoms with Gasteiger partial charge in [-0.05, 0) is 24.1 Å². The number of carbonyl (C=O) groups is 2. The minimum absolute atomic E-state index is 0.174. The maximum Gasteiger partial charge on any atom is 0.326 e. The number of amides is 2. The highest BCUT2D eigenvalue weighted by atomic mass is 35.5. The minimum atomic E-state index is -1.07. The molecule has 0 bridgehead atoms. The van der Waals surface area contributed by atoms with Gasteiger partial charge < -0.3 is 15.7 Å². The summed E-state index contributed by atoms with van der Waals surface area (Å²) in [5.41, 5.74) is 0.435. The Labute approximate surface area is 127 Å². The zero-order valence-corrected chi connectivity index (χ0v) is 12.6. The predicted octanol–water partition coefficient (Wildman–Crippen LogP) is 3.61. The molecule has 0 aliphatic heterocycles. The molecule has 110 valence electrons. The Kier molecular flexibility index (Phi) is 6.10. The van der Waals surface area contributed by atoms with E-state index in [0.717, 1.165) is 0 Å². The molecule has 0 saturated carbocycles. The zero-order chi connectivity index (χ0) is 15.3. The Morgan fingerprint density at radius 3 is 2.45 bits per heavy atom. The quantitative estimate of drug-likeness (QED) is 0.775. The van der Waals surface area contributed by atoms with Crippen molar-refractivity contribution in [2.45, 2.75) is 26.3 Å². The number of carbonyl (C=O) groups excluding carboxylic acids is 1. The molecule has 0 radical (unpaired) electrons. The average molecular weight is 319 g/mol.